The third-order valence-electron chi connectivity index (χ3n) is 2.18. The van der Waals surface area contributed by atoms with E-state index in [0.717, 1.165) is 0 Å². The van der Waals surface area contributed by atoms with Gasteiger partial charge in [-0.3, -0.25) is 4.98 Å². The summed E-state index contributed by atoms with van der Waals surface area (Å²) in [6.45, 7) is 0.497. The van der Waals surface area contributed by atoms with Crippen molar-refractivity contribution < 1.29 is 8.42 Å². The SMILES string of the molecule is O=S1(=O)CCNC(c2[c]cccn2)C1. The van der Waals surface area contributed by atoms with E-state index in [0.29, 0.717) is 12.2 Å². The molecule has 5 heteroatoms. The van der Waals surface area contributed by atoms with E-state index in [9.17, 15) is 8.42 Å². The second-order valence-electron chi connectivity index (χ2n) is 3.29. The number of nitrogens with zero attached hydrogens (tertiary/aromatic N) is 1. The molecule has 0 spiro atoms. The van der Waals surface area contributed by atoms with E-state index in [2.05, 4.69) is 16.4 Å². The molecule has 1 radical (unpaired) electrons. The number of hydrogen-bond donors (Lipinski definition) is 1. The molecule has 0 aromatic carbocycles. The summed E-state index contributed by atoms with van der Waals surface area (Å²) in [6, 6.07) is 6.24. The fourth-order valence-electron chi connectivity index (χ4n) is 1.49. The number of sulfone groups is 1. The quantitative estimate of drug-likeness (QED) is 0.707. The molecule has 1 N–H and O–H groups in total. The molecule has 1 unspecified atom stereocenters. The highest BCUT2D eigenvalue weighted by Gasteiger charge is 2.25. The molecule has 1 aromatic heterocycles. The lowest BCUT2D eigenvalue weighted by atomic mass is 10.2. The van der Waals surface area contributed by atoms with Crippen LogP contribution in [0.2, 0.25) is 0 Å². The molecule has 0 amide bonds. The predicted molar refractivity (Wildman–Crippen MR) is 52.5 cm³/mol. The normalized spacial score (nSPS) is 25.9. The van der Waals surface area contributed by atoms with Gasteiger partial charge in [0.05, 0.1) is 23.2 Å². The number of nitrogens with one attached hydrogen (secondary N) is 1. The van der Waals surface area contributed by atoms with Crippen molar-refractivity contribution in [2.24, 2.45) is 0 Å². The summed E-state index contributed by atoms with van der Waals surface area (Å²) in [5, 5.41) is 3.12. The van der Waals surface area contributed by atoms with Crippen molar-refractivity contribution in [2.45, 2.75) is 6.04 Å². The van der Waals surface area contributed by atoms with Crippen LogP contribution in [0, 0.1) is 6.07 Å². The van der Waals surface area contributed by atoms with Crippen LogP contribution in [0.3, 0.4) is 0 Å². The van der Waals surface area contributed by atoms with E-state index < -0.39 is 9.84 Å². The van der Waals surface area contributed by atoms with Gasteiger partial charge in [0.1, 0.15) is 0 Å². The fourth-order valence-corrected chi connectivity index (χ4v) is 2.87. The lowest BCUT2D eigenvalue weighted by Crippen LogP contribution is -2.39. The van der Waals surface area contributed by atoms with E-state index in [-0.39, 0.29) is 17.5 Å². The second-order valence-corrected chi connectivity index (χ2v) is 5.52. The summed E-state index contributed by atoms with van der Waals surface area (Å²) in [5.74, 6) is 0.344. The summed E-state index contributed by atoms with van der Waals surface area (Å²) in [5.41, 5.74) is 0.677. The monoisotopic (exact) mass is 211 g/mol. The first-order valence-corrected chi connectivity index (χ1v) is 6.26. The van der Waals surface area contributed by atoms with Crippen molar-refractivity contribution in [3.63, 3.8) is 0 Å². The average Bonchev–Trinajstić information content (AvgIpc) is 2.18. The van der Waals surface area contributed by atoms with Crippen LogP contribution in [0.4, 0.5) is 0 Å². The molecule has 4 nitrogen and oxygen atoms in total. The van der Waals surface area contributed by atoms with Crippen molar-refractivity contribution >= 4 is 9.84 Å². The molecule has 0 saturated carbocycles. The van der Waals surface area contributed by atoms with Gasteiger partial charge in [0.2, 0.25) is 0 Å². The Hall–Kier alpha value is -0.940. The Bertz CT molecular complexity index is 402. The third-order valence-corrected chi connectivity index (χ3v) is 3.85. The molecular formula is C9H11N2O2S. The van der Waals surface area contributed by atoms with Crippen LogP contribution < -0.4 is 5.32 Å². The van der Waals surface area contributed by atoms with E-state index in [1.165, 1.54) is 0 Å². The third kappa shape index (κ3) is 2.10. The van der Waals surface area contributed by atoms with Crippen LogP contribution in [0.1, 0.15) is 11.7 Å². The largest absolute Gasteiger partial charge is 0.307 e. The van der Waals surface area contributed by atoms with Gasteiger partial charge in [-0.15, -0.1) is 0 Å². The molecule has 1 saturated heterocycles. The molecule has 75 valence electrons. The number of rotatable bonds is 1. The lowest BCUT2D eigenvalue weighted by molar-refractivity contribution is 0.523. The van der Waals surface area contributed by atoms with Crippen molar-refractivity contribution in [3.05, 3.63) is 30.1 Å². The Labute approximate surface area is 83.3 Å². The fraction of sp³-hybridized carbons (Fsp3) is 0.444. The standard InChI is InChI=1S/C9H11N2O2S/c12-14(13)6-5-11-9(7-14)8-3-1-2-4-10-8/h1-2,4,9,11H,5-7H2. The Balaban J connectivity index is 2.21. The molecule has 1 atom stereocenters. The maximum atomic E-state index is 11.4. The van der Waals surface area contributed by atoms with Gasteiger partial charge in [0, 0.05) is 18.8 Å². The van der Waals surface area contributed by atoms with Crippen molar-refractivity contribution in [1.82, 2.24) is 10.3 Å². The van der Waals surface area contributed by atoms with Gasteiger partial charge in [-0.1, -0.05) is 6.07 Å². The van der Waals surface area contributed by atoms with E-state index in [1.807, 2.05) is 0 Å². The number of hydrogen-bond acceptors (Lipinski definition) is 4. The van der Waals surface area contributed by atoms with Crippen molar-refractivity contribution in [1.29, 1.82) is 0 Å². The topological polar surface area (TPSA) is 59.1 Å². The Morgan fingerprint density at radius 3 is 3.07 bits per heavy atom. The minimum atomic E-state index is -2.90. The average molecular weight is 211 g/mol. The van der Waals surface area contributed by atoms with Gasteiger partial charge in [0.25, 0.3) is 0 Å². The highest BCUT2D eigenvalue weighted by atomic mass is 32.2. The zero-order chi connectivity index (χ0) is 10.0. The van der Waals surface area contributed by atoms with E-state index >= 15 is 0 Å². The molecular weight excluding hydrogens is 200 g/mol. The van der Waals surface area contributed by atoms with Gasteiger partial charge < -0.3 is 5.32 Å². The highest BCUT2D eigenvalue weighted by molar-refractivity contribution is 7.91. The van der Waals surface area contributed by atoms with Gasteiger partial charge in [-0.25, -0.2) is 8.42 Å². The number of pyridine rings is 1. The van der Waals surface area contributed by atoms with Gasteiger partial charge in [0.15, 0.2) is 9.84 Å². The molecule has 14 heavy (non-hydrogen) atoms. The van der Waals surface area contributed by atoms with Crippen LogP contribution in [-0.4, -0.2) is 31.5 Å². The molecule has 0 aliphatic carbocycles. The summed E-state index contributed by atoms with van der Waals surface area (Å²) in [4.78, 5) is 4.09. The molecule has 1 aliphatic rings. The second kappa shape index (κ2) is 3.67. The molecule has 1 aromatic rings. The summed E-state index contributed by atoms with van der Waals surface area (Å²) in [6.07, 6.45) is 1.65. The molecule has 1 fully saturated rings. The van der Waals surface area contributed by atoms with Crippen LogP contribution in [0.5, 0.6) is 0 Å². The highest BCUT2D eigenvalue weighted by Crippen LogP contribution is 2.15. The van der Waals surface area contributed by atoms with Crippen molar-refractivity contribution in [3.8, 4) is 0 Å². The molecule has 2 heterocycles. The smallest absolute Gasteiger partial charge is 0.153 e. The van der Waals surface area contributed by atoms with Gasteiger partial charge in [-0.05, 0) is 6.07 Å². The molecule has 2 rings (SSSR count). The predicted octanol–water partition coefficient (Wildman–Crippen LogP) is -0.0591. The van der Waals surface area contributed by atoms with E-state index in [1.54, 1.807) is 18.3 Å². The maximum absolute atomic E-state index is 11.4. The summed E-state index contributed by atoms with van der Waals surface area (Å²) in [7, 11) is -2.90. The van der Waals surface area contributed by atoms with Crippen LogP contribution in [0.15, 0.2) is 18.3 Å². The Morgan fingerprint density at radius 1 is 1.57 bits per heavy atom. The zero-order valence-corrected chi connectivity index (χ0v) is 8.42. The molecule has 0 bridgehead atoms. The van der Waals surface area contributed by atoms with Gasteiger partial charge >= 0.3 is 0 Å². The first-order valence-electron chi connectivity index (χ1n) is 4.44. The van der Waals surface area contributed by atoms with Crippen LogP contribution in [-0.2, 0) is 9.84 Å². The molecule has 1 aliphatic heterocycles. The van der Waals surface area contributed by atoms with Crippen LogP contribution in [0.25, 0.3) is 0 Å². The minimum Gasteiger partial charge on any atom is -0.307 e. The van der Waals surface area contributed by atoms with Crippen molar-refractivity contribution in [2.75, 3.05) is 18.1 Å². The summed E-state index contributed by atoms with van der Waals surface area (Å²) < 4.78 is 22.7. The zero-order valence-electron chi connectivity index (χ0n) is 7.60. The summed E-state index contributed by atoms with van der Waals surface area (Å²) >= 11 is 0. The first-order chi connectivity index (χ1) is 6.67. The Morgan fingerprint density at radius 2 is 2.43 bits per heavy atom. The number of aromatic nitrogens is 1. The van der Waals surface area contributed by atoms with E-state index in [4.69, 9.17) is 0 Å². The Kier molecular flexibility index (Phi) is 2.52. The first kappa shape index (κ1) is 9.61. The lowest BCUT2D eigenvalue weighted by Gasteiger charge is -2.22. The maximum Gasteiger partial charge on any atom is 0.153 e. The van der Waals surface area contributed by atoms with Gasteiger partial charge in [-0.2, -0.15) is 0 Å². The van der Waals surface area contributed by atoms with Crippen LogP contribution >= 0.6 is 0 Å². The minimum absolute atomic E-state index is 0.126.